The molecule has 0 bridgehead atoms. The molecule has 0 fully saturated rings. The highest BCUT2D eigenvalue weighted by molar-refractivity contribution is 8.14. The van der Waals surface area contributed by atoms with Crippen LogP contribution in [-0.4, -0.2) is 13.4 Å². The van der Waals surface area contributed by atoms with Crippen molar-refractivity contribution < 1.29 is 8.42 Å². The van der Waals surface area contributed by atoms with E-state index in [2.05, 4.69) is 4.98 Å². The summed E-state index contributed by atoms with van der Waals surface area (Å²) in [5.41, 5.74) is 2.12. The molecule has 3 nitrogen and oxygen atoms in total. The van der Waals surface area contributed by atoms with E-state index in [1.165, 1.54) is 0 Å². The van der Waals surface area contributed by atoms with Crippen molar-refractivity contribution in [2.24, 2.45) is 0 Å². The number of aryl methyl sites for hydroxylation is 2. The maximum atomic E-state index is 11.5. The Hall–Kier alpha value is -1.13. The molecule has 0 saturated heterocycles. The lowest BCUT2D eigenvalue weighted by atomic mass is 10.1. The maximum Gasteiger partial charge on any atom is 0.262 e. The summed E-state index contributed by atoms with van der Waals surface area (Å²) >= 11 is 0. The molecule has 0 radical (unpaired) electrons. The van der Waals surface area contributed by atoms with Crippen LogP contribution in [0.2, 0.25) is 0 Å². The van der Waals surface area contributed by atoms with Crippen molar-refractivity contribution >= 4 is 30.6 Å². The highest BCUT2D eigenvalue weighted by Gasteiger charge is 2.17. The Balaban J connectivity index is 2.97. The predicted molar refractivity (Wildman–Crippen MR) is 64.3 cm³/mol. The third-order valence-corrected chi connectivity index (χ3v) is 3.89. The van der Waals surface area contributed by atoms with Crippen molar-refractivity contribution in [3.05, 3.63) is 35.5 Å². The number of hydrogen-bond acceptors (Lipinski definition) is 3. The van der Waals surface area contributed by atoms with Crippen LogP contribution < -0.4 is 0 Å². The molecule has 0 saturated carbocycles. The number of halogens is 1. The summed E-state index contributed by atoms with van der Waals surface area (Å²) in [6, 6.07) is 7.01. The molecule has 0 aliphatic rings. The lowest BCUT2D eigenvalue weighted by Crippen LogP contribution is -1.97. The molecule has 2 rings (SSSR count). The quantitative estimate of drug-likeness (QED) is 0.736. The van der Waals surface area contributed by atoms with Gasteiger partial charge in [0.15, 0.2) is 0 Å². The van der Waals surface area contributed by atoms with Crippen molar-refractivity contribution in [1.29, 1.82) is 0 Å². The highest BCUT2D eigenvalue weighted by Crippen LogP contribution is 2.28. The number of rotatable bonds is 1. The summed E-state index contributed by atoms with van der Waals surface area (Å²) in [4.78, 5) is 4.42. The van der Waals surface area contributed by atoms with Crippen molar-refractivity contribution in [1.82, 2.24) is 4.98 Å². The average Bonchev–Trinajstić information content (AvgIpc) is 2.16. The SMILES string of the molecule is Cc1ccc2c(S(=O)(=O)Cl)c(C)ccc2n1. The second-order valence-electron chi connectivity index (χ2n) is 3.67. The minimum Gasteiger partial charge on any atom is -0.253 e. The zero-order chi connectivity index (χ0) is 11.9. The molecule has 0 aliphatic carbocycles. The van der Waals surface area contributed by atoms with E-state index in [0.29, 0.717) is 16.5 Å². The van der Waals surface area contributed by atoms with Crippen LogP contribution in [0.4, 0.5) is 0 Å². The zero-order valence-corrected chi connectivity index (χ0v) is 10.4. The smallest absolute Gasteiger partial charge is 0.253 e. The van der Waals surface area contributed by atoms with E-state index >= 15 is 0 Å². The van der Waals surface area contributed by atoms with Gasteiger partial charge in [0.2, 0.25) is 0 Å². The lowest BCUT2D eigenvalue weighted by molar-refractivity contribution is 0.610. The van der Waals surface area contributed by atoms with Crippen LogP contribution in [0.15, 0.2) is 29.2 Å². The Labute approximate surface area is 98.5 Å². The van der Waals surface area contributed by atoms with Gasteiger partial charge in [-0.3, -0.25) is 4.98 Å². The van der Waals surface area contributed by atoms with Crippen LogP contribution >= 0.6 is 10.7 Å². The third-order valence-electron chi connectivity index (χ3n) is 2.40. The zero-order valence-electron chi connectivity index (χ0n) is 8.86. The molecular formula is C11H10ClNO2S. The van der Waals surface area contributed by atoms with Crippen LogP contribution in [0.1, 0.15) is 11.3 Å². The topological polar surface area (TPSA) is 47.0 Å². The van der Waals surface area contributed by atoms with E-state index in [-0.39, 0.29) is 4.90 Å². The normalized spacial score (nSPS) is 11.9. The first-order chi connectivity index (χ1) is 7.39. The number of pyridine rings is 1. The first-order valence-electron chi connectivity index (χ1n) is 4.71. The van der Waals surface area contributed by atoms with E-state index in [9.17, 15) is 8.42 Å². The van der Waals surface area contributed by atoms with Gasteiger partial charge in [-0.15, -0.1) is 0 Å². The van der Waals surface area contributed by atoms with Crippen LogP contribution in [0, 0.1) is 13.8 Å². The molecule has 2 aromatic rings. The molecule has 0 spiro atoms. The Morgan fingerprint density at radius 1 is 1.12 bits per heavy atom. The number of hydrogen-bond donors (Lipinski definition) is 0. The van der Waals surface area contributed by atoms with Gasteiger partial charge in [0.1, 0.15) is 0 Å². The molecule has 1 heterocycles. The van der Waals surface area contributed by atoms with Gasteiger partial charge in [0.05, 0.1) is 10.4 Å². The van der Waals surface area contributed by atoms with Crippen LogP contribution in [0.25, 0.3) is 10.9 Å². The monoisotopic (exact) mass is 255 g/mol. The largest absolute Gasteiger partial charge is 0.262 e. The minimum atomic E-state index is -3.74. The average molecular weight is 256 g/mol. The first-order valence-corrected chi connectivity index (χ1v) is 7.02. The van der Waals surface area contributed by atoms with Gasteiger partial charge in [-0.1, -0.05) is 6.07 Å². The molecular weight excluding hydrogens is 246 g/mol. The molecule has 1 aromatic carbocycles. The lowest BCUT2D eigenvalue weighted by Gasteiger charge is -2.06. The summed E-state index contributed by atoms with van der Waals surface area (Å²) in [5.74, 6) is 0. The molecule has 16 heavy (non-hydrogen) atoms. The highest BCUT2D eigenvalue weighted by atomic mass is 35.7. The minimum absolute atomic E-state index is 0.152. The Kier molecular flexibility index (Phi) is 2.64. The molecule has 0 aliphatic heterocycles. The number of aromatic nitrogens is 1. The van der Waals surface area contributed by atoms with E-state index in [1.807, 2.05) is 6.92 Å². The van der Waals surface area contributed by atoms with Gasteiger partial charge in [-0.05, 0) is 37.6 Å². The predicted octanol–water partition coefficient (Wildman–Crippen LogP) is 2.78. The fourth-order valence-electron chi connectivity index (χ4n) is 1.71. The van der Waals surface area contributed by atoms with E-state index < -0.39 is 9.05 Å². The van der Waals surface area contributed by atoms with Gasteiger partial charge in [0, 0.05) is 21.8 Å². The second kappa shape index (κ2) is 3.71. The van der Waals surface area contributed by atoms with Crippen molar-refractivity contribution in [2.75, 3.05) is 0 Å². The fourth-order valence-corrected chi connectivity index (χ4v) is 3.21. The molecule has 84 valence electrons. The number of benzene rings is 1. The van der Waals surface area contributed by atoms with Crippen molar-refractivity contribution in [3.8, 4) is 0 Å². The molecule has 5 heteroatoms. The Morgan fingerprint density at radius 3 is 2.44 bits per heavy atom. The third kappa shape index (κ3) is 1.90. The second-order valence-corrected chi connectivity index (χ2v) is 6.17. The van der Waals surface area contributed by atoms with Gasteiger partial charge < -0.3 is 0 Å². The van der Waals surface area contributed by atoms with E-state index in [1.54, 1.807) is 31.2 Å². The van der Waals surface area contributed by atoms with Crippen LogP contribution in [0.5, 0.6) is 0 Å². The summed E-state index contributed by atoms with van der Waals surface area (Å²) in [7, 11) is 1.69. The molecule has 1 aromatic heterocycles. The molecule has 0 unspecified atom stereocenters. The van der Waals surface area contributed by atoms with Crippen molar-refractivity contribution in [3.63, 3.8) is 0 Å². The maximum absolute atomic E-state index is 11.5. The first kappa shape index (κ1) is 11.4. The standard InChI is InChI=1S/C11H10ClNO2S/c1-7-3-6-10-9(5-4-8(2)13-10)11(7)16(12,14)15/h3-6H,1-2H3. The van der Waals surface area contributed by atoms with Gasteiger partial charge in [-0.2, -0.15) is 0 Å². The van der Waals surface area contributed by atoms with Gasteiger partial charge >= 0.3 is 0 Å². The van der Waals surface area contributed by atoms with E-state index in [4.69, 9.17) is 10.7 Å². The van der Waals surface area contributed by atoms with Crippen LogP contribution in [0.3, 0.4) is 0 Å². The van der Waals surface area contributed by atoms with E-state index in [0.717, 1.165) is 5.69 Å². The summed E-state index contributed by atoms with van der Waals surface area (Å²) in [6.45, 7) is 3.57. The number of nitrogens with zero attached hydrogens (tertiary/aromatic N) is 1. The van der Waals surface area contributed by atoms with Crippen LogP contribution in [-0.2, 0) is 9.05 Å². The van der Waals surface area contributed by atoms with Crippen molar-refractivity contribution in [2.45, 2.75) is 18.7 Å². The van der Waals surface area contributed by atoms with Gasteiger partial charge in [0.25, 0.3) is 9.05 Å². The molecule has 0 atom stereocenters. The molecule has 0 N–H and O–H groups in total. The summed E-state index contributed by atoms with van der Waals surface area (Å²) < 4.78 is 23.0. The Bertz CT molecular complexity index is 665. The fraction of sp³-hybridized carbons (Fsp3) is 0.182. The van der Waals surface area contributed by atoms with Gasteiger partial charge in [-0.25, -0.2) is 8.42 Å². The Morgan fingerprint density at radius 2 is 1.81 bits per heavy atom. The summed E-state index contributed by atoms with van der Waals surface area (Å²) in [5, 5.41) is 0.570. The number of fused-ring (bicyclic) bond motifs is 1. The summed E-state index contributed by atoms with van der Waals surface area (Å²) in [6.07, 6.45) is 0. The molecule has 0 amide bonds.